The van der Waals surface area contributed by atoms with E-state index in [-0.39, 0.29) is 28.8 Å². The topological polar surface area (TPSA) is 77.8 Å². The highest BCUT2D eigenvalue weighted by molar-refractivity contribution is 6.05. The van der Waals surface area contributed by atoms with Crippen molar-refractivity contribution in [1.29, 1.82) is 0 Å². The third-order valence-corrected chi connectivity index (χ3v) is 6.71. The molecule has 2 unspecified atom stereocenters. The molecular formula is C26H46O4. The minimum atomic E-state index is -1.04. The maximum absolute atomic E-state index is 13.9. The summed E-state index contributed by atoms with van der Waals surface area (Å²) in [5.41, 5.74) is -0.460. The molecule has 0 bridgehead atoms. The van der Waals surface area contributed by atoms with Crippen molar-refractivity contribution in [3.63, 3.8) is 0 Å². The van der Waals surface area contributed by atoms with Gasteiger partial charge in [-0.05, 0) is 62.2 Å². The van der Waals surface area contributed by atoms with Crippen LogP contribution in [0.2, 0.25) is 0 Å². The summed E-state index contributed by atoms with van der Waals surface area (Å²) >= 11 is 0. The molecule has 4 heteroatoms. The number of aliphatic hydroxyl groups excluding tert-OH is 3. The molecule has 3 N–H and O–H groups in total. The summed E-state index contributed by atoms with van der Waals surface area (Å²) < 4.78 is 0. The molecule has 0 amide bonds. The van der Waals surface area contributed by atoms with Crippen LogP contribution >= 0.6 is 0 Å². The number of ketones is 1. The van der Waals surface area contributed by atoms with Crippen LogP contribution < -0.4 is 0 Å². The Bertz CT molecular complexity index is 627. The predicted molar refractivity (Wildman–Crippen MR) is 124 cm³/mol. The third-order valence-electron chi connectivity index (χ3n) is 6.71. The van der Waals surface area contributed by atoms with E-state index in [1.54, 1.807) is 0 Å². The standard InChI is InChI=1S/C26H46O4/c1-9-19(8)22(27)21-23(28)20(11-10-16(2)3)24(29)26(25(21)30,14-12-17(4)5)15-13-18(6)7/h16-19,22,27-29H,9-15H2,1-8H3. The first-order valence-corrected chi connectivity index (χ1v) is 12.0. The summed E-state index contributed by atoms with van der Waals surface area (Å²) in [5, 5.41) is 33.5. The zero-order chi connectivity index (χ0) is 23.2. The van der Waals surface area contributed by atoms with E-state index in [2.05, 4.69) is 41.5 Å². The van der Waals surface area contributed by atoms with E-state index >= 15 is 0 Å². The van der Waals surface area contributed by atoms with Gasteiger partial charge in [0.15, 0.2) is 5.78 Å². The van der Waals surface area contributed by atoms with E-state index in [0.29, 0.717) is 49.0 Å². The molecule has 0 aliphatic heterocycles. The number of allylic oxidation sites excluding steroid dienone is 2. The van der Waals surface area contributed by atoms with Crippen LogP contribution in [0, 0.1) is 29.1 Å². The van der Waals surface area contributed by atoms with E-state index in [0.717, 1.165) is 19.3 Å². The average Bonchev–Trinajstić information content (AvgIpc) is 2.66. The quantitative estimate of drug-likeness (QED) is 0.320. The normalized spacial score (nSPS) is 19.4. The Morgan fingerprint density at radius 3 is 1.70 bits per heavy atom. The van der Waals surface area contributed by atoms with Gasteiger partial charge < -0.3 is 15.3 Å². The van der Waals surface area contributed by atoms with Crippen LogP contribution in [-0.2, 0) is 4.79 Å². The first kappa shape index (κ1) is 26.7. The molecule has 1 rings (SSSR count). The first-order chi connectivity index (χ1) is 13.9. The second-order valence-electron chi connectivity index (χ2n) is 10.6. The average molecular weight is 423 g/mol. The second kappa shape index (κ2) is 11.4. The summed E-state index contributed by atoms with van der Waals surface area (Å²) in [5.74, 6) is 0.624. The van der Waals surface area contributed by atoms with E-state index < -0.39 is 11.5 Å². The third kappa shape index (κ3) is 6.12. The molecule has 0 spiro atoms. The van der Waals surface area contributed by atoms with Crippen molar-refractivity contribution < 1.29 is 20.1 Å². The zero-order valence-corrected chi connectivity index (χ0v) is 20.6. The van der Waals surface area contributed by atoms with Crippen molar-refractivity contribution >= 4 is 5.78 Å². The van der Waals surface area contributed by atoms with Crippen molar-refractivity contribution in [2.75, 3.05) is 0 Å². The highest BCUT2D eigenvalue weighted by atomic mass is 16.3. The van der Waals surface area contributed by atoms with Gasteiger partial charge in [-0.3, -0.25) is 4.79 Å². The fourth-order valence-corrected chi connectivity index (χ4v) is 4.15. The molecule has 0 saturated carbocycles. The Hall–Kier alpha value is -1.29. The fraction of sp³-hybridized carbons (Fsp3) is 0.808. The van der Waals surface area contributed by atoms with Crippen LogP contribution in [0.15, 0.2) is 22.7 Å². The summed E-state index contributed by atoms with van der Waals surface area (Å²) in [6, 6.07) is 0. The SMILES string of the molecule is CCC(C)C(O)C1=C(O)C(CCC(C)C)=C(O)C(CCC(C)C)(CCC(C)C)C1=O. The van der Waals surface area contributed by atoms with Crippen molar-refractivity contribution in [1.82, 2.24) is 0 Å². The van der Waals surface area contributed by atoms with Crippen molar-refractivity contribution in [2.45, 2.75) is 106 Å². The maximum Gasteiger partial charge on any atom is 0.178 e. The van der Waals surface area contributed by atoms with Crippen LogP contribution in [0.1, 0.15) is 100 Å². The number of rotatable bonds is 12. The molecule has 4 nitrogen and oxygen atoms in total. The minimum Gasteiger partial charge on any atom is -0.511 e. The van der Waals surface area contributed by atoms with Gasteiger partial charge in [0.05, 0.1) is 17.1 Å². The molecule has 30 heavy (non-hydrogen) atoms. The van der Waals surface area contributed by atoms with Gasteiger partial charge in [-0.1, -0.05) is 61.8 Å². The Kier molecular flexibility index (Phi) is 10.1. The summed E-state index contributed by atoms with van der Waals surface area (Å²) in [7, 11) is 0. The molecule has 0 fully saturated rings. The molecule has 0 aromatic rings. The molecule has 0 aromatic heterocycles. The Balaban J connectivity index is 3.64. The number of hydrogen-bond acceptors (Lipinski definition) is 4. The van der Waals surface area contributed by atoms with Gasteiger partial charge in [0.1, 0.15) is 11.5 Å². The van der Waals surface area contributed by atoms with E-state index in [4.69, 9.17) is 0 Å². The van der Waals surface area contributed by atoms with Crippen molar-refractivity contribution in [3.05, 3.63) is 22.7 Å². The smallest absolute Gasteiger partial charge is 0.178 e. The molecule has 1 aliphatic rings. The van der Waals surface area contributed by atoms with Crippen LogP contribution in [-0.4, -0.2) is 27.2 Å². The largest absolute Gasteiger partial charge is 0.511 e. The summed E-state index contributed by atoms with van der Waals surface area (Å²) in [4.78, 5) is 13.9. The van der Waals surface area contributed by atoms with E-state index in [1.165, 1.54) is 0 Å². The summed E-state index contributed by atoms with van der Waals surface area (Å²) in [6.07, 6.45) is 3.67. The number of hydrogen-bond donors (Lipinski definition) is 3. The lowest BCUT2D eigenvalue weighted by molar-refractivity contribution is -0.127. The number of carbonyl (C=O) groups is 1. The molecule has 0 radical (unpaired) electrons. The van der Waals surface area contributed by atoms with Gasteiger partial charge >= 0.3 is 0 Å². The Morgan fingerprint density at radius 2 is 1.30 bits per heavy atom. The first-order valence-electron chi connectivity index (χ1n) is 12.0. The molecule has 2 atom stereocenters. The molecular weight excluding hydrogens is 376 g/mol. The van der Waals surface area contributed by atoms with E-state index in [9.17, 15) is 20.1 Å². The lowest BCUT2D eigenvalue weighted by Crippen LogP contribution is -2.43. The second-order valence-corrected chi connectivity index (χ2v) is 10.6. The van der Waals surface area contributed by atoms with Crippen LogP contribution in [0.3, 0.4) is 0 Å². The van der Waals surface area contributed by atoms with E-state index in [1.807, 2.05) is 13.8 Å². The number of carbonyl (C=O) groups excluding carboxylic acids is 1. The Morgan fingerprint density at radius 1 is 0.833 bits per heavy atom. The number of aliphatic hydroxyl groups is 3. The molecule has 0 heterocycles. The van der Waals surface area contributed by atoms with Gasteiger partial charge in [-0.2, -0.15) is 0 Å². The van der Waals surface area contributed by atoms with Gasteiger partial charge in [0.25, 0.3) is 0 Å². The lowest BCUT2D eigenvalue weighted by Gasteiger charge is -2.40. The Labute approximate surface area is 184 Å². The predicted octanol–water partition coefficient (Wildman–Crippen LogP) is 6.90. The monoisotopic (exact) mass is 422 g/mol. The lowest BCUT2D eigenvalue weighted by atomic mass is 9.64. The van der Waals surface area contributed by atoms with Crippen LogP contribution in [0.5, 0.6) is 0 Å². The molecule has 174 valence electrons. The van der Waals surface area contributed by atoms with Gasteiger partial charge in [-0.25, -0.2) is 0 Å². The summed E-state index contributed by atoms with van der Waals surface area (Å²) in [6.45, 7) is 16.5. The molecule has 1 aliphatic carbocycles. The van der Waals surface area contributed by atoms with Crippen LogP contribution in [0.4, 0.5) is 0 Å². The number of Topliss-reactive ketones (excluding diaryl/α,β-unsaturated/α-hetero) is 1. The van der Waals surface area contributed by atoms with Gasteiger partial charge in [0, 0.05) is 5.57 Å². The zero-order valence-electron chi connectivity index (χ0n) is 20.6. The highest BCUT2D eigenvalue weighted by Gasteiger charge is 2.50. The minimum absolute atomic E-state index is 0.0482. The van der Waals surface area contributed by atoms with Gasteiger partial charge in [0.2, 0.25) is 0 Å². The molecule has 0 saturated heterocycles. The maximum atomic E-state index is 13.9. The highest BCUT2D eigenvalue weighted by Crippen LogP contribution is 2.49. The van der Waals surface area contributed by atoms with Gasteiger partial charge in [-0.15, -0.1) is 0 Å². The van der Waals surface area contributed by atoms with Crippen LogP contribution in [0.25, 0.3) is 0 Å². The van der Waals surface area contributed by atoms with Crippen molar-refractivity contribution in [2.24, 2.45) is 29.1 Å². The van der Waals surface area contributed by atoms with Crippen molar-refractivity contribution in [3.8, 4) is 0 Å². The molecule has 0 aromatic carbocycles. The fourth-order valence-electron chi connectivity index (χ4n) is 4.15.